The van der Waals surface area contributed by atoms with E-state index >= 15 is 0 Å². The quantitative estimate of drug-likeness (QED) is 0.276. The highest BCUT2D eigenvalue weighted by Crippen LogP contribution is 2.26. The molecule has 0 saturated carbocycles. The van der Waals surface area contributed by atoms with Crippen LogP contribution in [0.3, 0.4) is 0 Å². The summed E-state index contributed by atoms with van der Waals surface area (Å²) in [5, 5.41) is 12.6. The molecule has 37 heavy (non-hydrogen) atoms. The molecular weight excluding hydrogens is 510 g/mol. The molecule has 2 N–H and O–H groups in total. The van der Waals surface area contributed by atoms with Gasteiger partial charge in [-0.25, -0.2) is 23.1 Å². The Kier molecular flexibility index (Phi) is 9.04. The lowest BCUT2D eigenvalue weighted by Crippen LogP contribution is -2.35. The maximum absolute atomic E-state index is 12.8. The van der Waals surface area contributed by atoms with Crippen LogP contribution in [0, 0.1) is 0 Å². The summed E-state index contributed by atoms with van der Waals surface area (Å²) >= 11 is 1.59. The Bertz CT molecular complexity index is 1320. The van der Waals surface area contributed by atoms with Crippen LogP contribution >= 0.6 is 11.8 Å². The van der Waals surface area contributed by atoms with Gasteiger partial charge < -0.3 is 10.6 Å². The summed E-state index contributed by atoms with van der Waals surface area (Å²) in [6, 6.07) is 6.14. The second-order valence-electron chi connectivity index (χ2n) is 9.30. The molecule has 0 aliphatic carbocycles. The first-order chi connectivity index (χ1) is 17.8. The first-order valence-electron chi connectivity index (χ1n) is 12.8. The van der Waals surface area contributed by atoms with Crippen molar-refractivity contribution in [2.24, 2.45) is 0 Å². The molecule has 1 amide bonds. The maximum Gasteiger partial charge on any atom is 0.251 e. The number of hydrogen-bond acceptors (Lipinski definition) is 8. The van der Waals surface area contributed by atoms with Gasteiger partial charge in [0, 0.05) is 37.0 Å². The Morgan fingerprint density at radius 3 is 2.49 bits per heavy atom. The van der Waals surface area contributed by atoms with E-state index in [1.165, 1.54) is 16.4 Å². The summed E-state index contributed by atoms with van der Waals surface area (Å²) in [4.78, 5) is 22.3. The number of fused-ring (bicyclic) bond motifs is 1. The highest BCUT2D eigenvalue weighted by atomic mass is 32.2. The summed E-state index contributed by atoms with van der Waals surface area (Å²) < 4.78 is 29.0. The predicted molar refractivity (Wildman–Crippen MR) is 146 cm³/mol. The zero-order valence-corrected chi connectivity index (χ0v) is 23.2. The van der Waals surface area contributed by atoms with Gasteiger partial charge in [-0.3, -0.25) is 4.79 Å². The molecular formula is C25H35N7O3S2. The zero-order chi connectivity index (χ0) is 26.4. The van der Waals surface area contributed by atoms with Crippen LogP contribution in [0.1, 0.15) is 56.8 Å². The van der Waals surface area contributed by atoms with E-state index in [0.717, 1.165) is 49.1 Å². The van der Waals surface area contributed by atoms with Gasteiger partial charge in [0.05, 0.1) is 23.0 Å². The zero-order valence-electron chi connectivity index (χ0n) is 21.6. The van der Waals surface area contributed by atoms with Crippen molar-refractivity contribution in [2.45, 2.75) is 68.3 Å². The van der Waals surface area contributed by atoms with E-state index < -0.39 is 10.0 Å². The molecule has 4 rings (SSSR count). The molecule has 0 atom stereocenters. The number of sulfonamides is 1. The number of aromatic nitrogens is 4. The smallest absolute Gasteiger partial charge is 0.251 e. The van der Waals surface area contributed by atoms with Gasteiger partial charge in [-0.2, -0.15) is 9.40 Å². The highest BCUT2D eigenvalue weighted by Gasteiger charge is 2.26. The van der Waals surface area contributed by atoms with E-state index in [1.54, 1.807) is 34.8 Å². The minimum absolute atomic E-state index is 0.219. The average Bonchev–Trinajstić information content (AvgIpc) is 3.30. The molecule has 0 bridgehead atoms. The molecule has 1 saturated heterocycles. The first kappa shape index (κ1) is 27.3. The summed E-state index contributed by atoms with van der Waals surface area (Å²) in [7, 11) is -3.52. The number of anilines is 1. The van der Waals surface area contributed by atoms with E-state index in [4.69, 9.17) is 4.98 Å². The monoisotopic (exact) mass is 545 g/mol. The number of amides is 1. The maximum atomic E-state index is 12.8. The fourth-order valence-corrected chi connectivity index (χ4v) is 6.37. The predicted octanol–water partition coefficient (Wildman–Crippen LogP) is 3.75. The molecule has 3 aromatic rings. The van der Waals surface area contributed by atoms with E-state index in [9.17, 15) is 13.2 Å². The van der Waals surface area contributed by atoms with Gasteiger partial charge >= 0.3 is 0 Å². The third-order valence-corrected chi connectivity index (χ3v) is 8.82. The Labute approximate surface area is 222 Å². The third kappa shape index (κ3) is 6.60. The van der Waals surface area contributed by atoms with Crippen LogP contribution < -0.4 is 10.6 Å². The number of carbonyl (C=O) groups is 1. The molecule has 0 radical (unpaired) electrons. The van der Waals surface area contributed by atoms with Crippen molar-refractivity contribution in [3.8, 4) is 0 Å². The van der Waals surface area contributed by atoms with Gasteiger partial charge in [-0.05, 0) is 43.5 Å². The standard InChI is InChI=1S/C25H35N7O3S2/c1-4-12-26-22-21-17-28-32(23(21)30-25(29-22)36-18(2)3)16-13-27-24(33)19-8-10-20(11-9-19)37(34,35)31-14-6-5-7-15-31/h8-11,17-18H,4-7,12-16H2,1-3H3,(H,27,33)(H,26,29,30). The number of nitrogens with one attached hydrogen (secondary N) is 2. The average molecular weight is 546 g/mol. The van der Waals surface area contributed by atoms with Crippen LogP contribution in [0.15, 0.2) is 40.5 Å². The lowest BCUT2D eigenvalue weighted by atomic mass is 10.2. The van der Waals surface area contributed by atoms with E-state index in [1.807, 2.05) is 0 Å². The highest BCUT2D eigenvalue weighted by molar-refractivity contribution is 7.99. The Balaban J connectivity index is 1.41. The molecule has 2 aromatic heterocycles. The number of piperidine rings is 1. The van der Waals surface area contributed by atoms with Gasteiger partial charge in [-0.15, -0.1) is 0 Å². The fourth-order valence-electron chi connectivity index (χ4n) is 4.15. The minimum atomic E-state index is -3.52. The topological polar surface area (TPSA) is 122 Å². The van der Waals surface area contributed by atoms with Gasteiger partial charge in [0.25, 0.3) is 5.91 Å². The number of thioether (sulfide) groups is 1. The Hall–Kier alpha value is -2.70. The van der Waals surface area contributed by atoms with Crippen molar-refractivity contribution >= 4 is 44.5 Å². The molecule has 1 aliphatic rings. The number of hydrogen-bond donors (Lipinski definition) is 2. The molecule has 0 unspecified atom stereocenters. The molecule has 1 aromatic carbocycles. The molecule has 1 fully saturated rings. The van der Waals surface area contributed by atoms with E-state index in [2.05, 4.69) is 41.5 Å². The lowest BCUT2D eigenvalue weighted by molar-refractivity contribution is 0.0952. The summed E-state index contributed by atoms with van der Waals surface area (Å²) in [6.45, 7) is 8.97. The van der Waals surface area contributed by atoms with Gasteiger partial charge in [-0.1, -0.05) is 39.0 Å². The second-order valence-corrected chi connectivity index (χ2v) is 12.8. The Morgan fingerprint density at radius 1 is 1.08 bits per heavy atom. The molecule has 12 heteroatoms. The third-order valence-electron chi connectivity index (χ3n) is 6.04. The molecule has 1 aliphatic heterocycles. The second kappa shape index (κ2) is 12.2. The van der Waals surface area contributed by atoms with Gasteiger partial charge in [0.2, 0.25) is 10.0 Å². The van der Waals surface area contributed by atoms with E-state index in [0.29, 0.717) is 42.1 Å². The molecule has 3 heterocycles. The SMILES string of the molecule is CCCNc1nc(SC(C)C)nc2c1cnn2CCNC(=O)c1ccc(S(=O)(=O)N2CCCCC2)cc1. The van der Waals surface area contributed by atoms with Crippen molar-refractivity contribution in [3.63, 3.8) is 0 Å². The van der Waals surface area contributed by atoms with Gasteiger partial charge in [0.1, 0.15) is 5.82 Å². The molecule has 10 nitrogen and oxygen atoms in total. The lowest BCUT2D eigenvalue weighted by Gasteiger charge is -2.25. The van der Waals surface area contributed by atoms with Crippen LogP contribution in [-0.4, -0.2) is 69.8 Å². The number of carbonyl (C=O) groups excluding carboxylic acids is 1. The van der Waals surface area contributed by atoms with Crippen LogP contribution in [0.2, 0.25) is 0 Å². The minimum Gasteiger partial charge on any atom is -0.369 e. The van der Waals surface area contributed by atoms with Gasteiger partial charge in [0.15, 0.2) is 10.8 Å². The number of benzene rings is 1. The van der Waals surface area contributed by atoms with Crippen LogP contribution in [0.4, 0.5) is 5.82 Å². The normalized spacial score (nSPS) is 14.8. The fraction of sp³-hybridized carbons (Fsp3) is 0.520. The van der Waals surface area contributed by atoms with Crippen molar-refractivity contribution in [1.29, 1.82) is 0 Å². The summed E-state index contributed by atoms with van der Waals surface area (Å²) in [5.41, 5.74) is 1.13. The van der Waals surface area contributed by atoms with Crippen LogP contribution in [-0.2, 0) is 16.6 Å². The first-order valence-corrected chi connectivity index (χ1v) is 15.1. The summed E-state index contributed by atoms with van der Waals surface area (Å²) in [5.74, 6) is 0.499. The molecule has 0 spiro atoms. The van der Waals surface area contributed by atoms with Crippen molar-refractivity contribution in [2.75, 3.05) is 31.5 Å². The number of rotatable bonds is 11. The summed E-state index contributed by atoms with van der Waals surface area (Å²) in [6.07, 6.45) is 5.54. The van der Waals surface area contributed by atoms with Crippen molar-refractivity contribution in [3.05, 3.63) is 36.0 Å². The van der Waals surface area contributed by atoms with Crippen LogP contribution in [0.25, 0.3) is 11.0 Å². The van der Waals surface area contributed by atoms with Crippen molar-refractivity contribution < 1.29 is 13.2 Å². The Morgan fingerprint density at radius 2 is 1.81 bits per heavy atom. The largest absolute Gasteiger partial charge is 0.369 e. The van der Waals surface area contributed by atoms with Crippen molar-refractivity contribution in [1.82, 2.24) is 29.4 Å². The molecule has 200 valence electrons. The van der Waals surface area contributed by atoms with Crippen LogP contribution in [0.5, 0.6) is 0 Å². The number of nitrogens with zero attached hydrogens (tertiary/aromatic N) is 5. The van der Waals surface area contributed by atoms with E-state index in [-0.39, 0.29) is 10.8 Å².